The number of halogens is 2. The molecule has 4 fully saturated rings. The van der Waals surface area contributed by atoms with E-state index in [0.717, 1.165) is 37.7 Å². The first-order valence-corrected chi connectivity index (χ1v) is 18.7. The normalized spacial score (nSPS) is 28.2. The molecule has 0 aromatic carbocycles. The second kappa shape index (κ2) is 13.8. The van der Waals surface area contributed by atoms with Crippen LogP contribution in [0.4, 0.5) is 0 Å². The van der Waals surface area contributed by atoms with Gasteiger partial charge in [0.2, 0.25) is 23.6 Å². The zero-order chi connectivity index (χ0) is 24.7. The van der Waals surface area contributed by atoms with Gasteiger partial charge in [0.25, 0.3) is 0 Å². The fourth-order valence-corrected chi connectivity index (χ4v) is 10.0. The van der Waals surface area contributed by atoms with E-state index in [1.54, 1.807) is 27.7 Å². The summed E-state index contributed by atoms with van der Waals surface area (Å²) in [6.07, 6.45) is 5.78. The van der Waals surface area contributed by atoms with E-state index in [-0.39, 0.29) is 39.6 Å². The third-order valence-electron chi connectivity index (χ3n) is 5.82. The fourth-order valence-electron chi connectivity index (χ4n) is 4.31. The maximum absolute atomic E-state index is 11.3. The SMILES string of the molecule is CC(=O)N1CN2CN(C(C)=O)C[PH+](C2)C1.CC(=O)N1CN2CN(C(C)=O)C[PH+](C2)C1.[Cl][Pd][Cl]. The van der Waals surface area contributed by atoms with Crippen molar-refractivity contribution in [3.8, 4) is 0 Å². The van der Waals surface area contributed by atoms with Crippen LogP contribution in [0.5, 0.6) is 0 Å². The molecule has 0 aliphatic carbocycles. The minimum absolute atomic E-state index is 0.106. The Kier molecular flexibility index (Phi) is 12.2. The predicted molar refractivity (Wildman–Crippen MR) is 131 cm³/mol. The number of fused-ring (bicyclic) bond motifs is 4. The van der Waals surface area contributed by atoms with Gasteiger partial charge in [-0.3, -0.25) is 38.8 Å². The summed E-state index contributed by atoms with van der Waals surface area (Å²) in [6, 6.07) is 0. The van der Waals surface area contributed by atoms with Gasteiger partial charge in [0, 0.05) is 27.7 Å². The Morgan fingerprint density at radius 2 is 0.758 bits per heavy atom. The molecule has 15 heteroatoms. The third kappa shape index (κ3) is 9.13. The van der Waals surface area contributed by atoms with Crippen molar-refractivity contribution in [2.45, 2.75) is 27.7 Å². The van der Waals surface area contributed by atoms with Crippen molar-refractivity contribution in [2.75, 3.05) is 64.4 Å². The topological polar surface area (TPSA) is 87.7 Å². The first-order valence-electron chi connectivity index (χ1n) is 10.5. The van der Waals surface area contributed by atoms with Gasteiger partial charge in [-0.2, -0.15) is 0 Å². The molecule has 10 nitrogen and oxygen atoms in total. The number of rotatable bonds is 0. The van der Waals surface area contributed by atoms with E-state index in [0.29, 0.717) is 26.7 Å². The molecular formula is C18H34Cl2N6O4P2Pd+2. The molecule has 33 heavy (non-hydrogen) atoms. The number of hydrogen-bond donors (Lipinski definition) is 0. The number of hydrogen-bond acceptors (Lipinski definition) is 6. The standard InChI is InChI=1S/2C9H16N3O2P.2ClH.Pd/c2*1-8(13)11-3-10-4-12(9(2)14)7-15(5-10)6-11;;;/h2*3-7H2,1-2H3;2*1H;/q;;;;+2. The van der Waals surface area contributed by atoms with Crippen LogP contribution in [0.25, 0.3) is 0 Å². The summed E-state index contributed by atoms with van der Waals surface area (Å²) in [5, 5.41) is 0. The van der Waals surface area contributed by atoms with Crippen molar-refractivity contribution in [3.63, 3.8) is 0 Å². The van der Waals surface area contributed by atoms with E-state index in [1.165, 1.54) is 0 Å². The van der Waals surface area contributed by atoms with Crippen molar-refractivity contribution in [1.82, 2.24) is 29.4 Å². The molecule has 0 saturated carbocycles. The van der Waals surface area contributed by atoms with Crippen LogP contribution in [0.3, 0.4) is 0 Å². The number of amides is 4. The van der Waals surface area contributed by atoms with E-state index < -0.39 is 15.8 Å². The Hall–Kier alpha value is -0.0977. The summed E-state index contributed by atoms with van der Waals surface area (Å²) in [5.74, 6) is 0.605. The molecule has 4 amide bonds. The van der Waals surface area contributed by atoms with Crippen molar-refractivity contribution < 1.29 is 35.1 Å². The molecule has 4 heterocycles. The molecule has 4 aliphatic heterocycles. The Labute approximate surface area is 214 Å². The van der Waals surface area contributed by atoms with E-state index in [4.69, 9.17) is 19.1 Å². The van der Waals surface area contributed by atoms with Crippen molar-refractivity contribution in [2.24, 2.45) is 0 Å². The Bertz CT molecular complexity index is 604. The molecule has 0 aromatic heterocycles. The second-order valence-corrected chi connectivity index (χ2v) is 15.9. The molecule has 0 N–H and O–H groups in total. The first kappa shape index (κ1) is 29.1. The fraction of sp³-hybridized carbons (Fsp3) is 0.778. The molecule has 4 aliphatic rings. The molecule has 0 aromatic rings. The quantitative estimate of drug-likeness (QED) is 0.295. The van der Waals surface area contributed by atoms with Crippen LogP contribution in [0.15, 0.2) is 0 Å². The summed E-state index contributed by atoms with van der Waals surface area (Å²) >= 11 is -0.106. The summed E-state index contributed by atoms with van der Waals surface area (Å²) < 4.78 is 0. The van der Waals surface area contributed by atoms with Gasteiger partial charge >= 0.3 is 35.0 Å². The Morgan fingerprint density at radius 3 is 0.909 bits per heavy atom. The summed E-state index contributed by atoms with van der Waals surface area (Å²) in [6.45, 7) is 9.22. The number of nitrogens with zero attached hydrogens (tertiary/aromatic N) is 6. The van der Waals surface area contributed by atoms with Gasteiger partial charge in [-0.1, -0.05) is 0 Å². The average molecular weight is 638 g/mol. The van der Waals surface area contributed by atoms with Gasteiger partial charge in [0.1, 0.15) is 37.7 Å². The first-order chi connectivity index (χ1) is 15.5. The number of carbonyl (C=O) groups excluding carboxylic acids is 4. The molecular weight excluding hydrogens is 604 g/mol. The van der Waals surface area contributed by atoms with Crippen LogP contribution in [0, 0.1) is 0 Å². The number of carbonyl (C=O) groups is 4. The van der Waals surface area contributed by atoms with Crippen molar-refractivity contribution in [1.29, 1.82) is 0 Å². The van der Waals surface area contributed by atoms with E-state index in [1.807, 2.05) is 19.6 Å². The predicted octanol–water partition coefficient (Wildman–Crippen LogP) is 1.41. The maximum atomic E-state index is 11.3. The zero-order valence-corrected chi connectivity index (χ0v) is 24.5. The van der Waals surface area contributed by atoms with Gasteiger partial charge in [0.05, 0.1) is 42.5 Å². The van der Waals surface area contributed by atoms with Gasteiger partial charge in [-0.05, 0) is 0 Å². The van der Waals surface area contributed by atoms with Gasteiger partial charge in [-0.25, -0.2) is 9.80 Å². The molecule has 4 rings (SSSR count). The molecule has 0 spiro atoms. The van der Waals surface area contributed by atoms with Crippen LogP contribution in [0.1, 0.15) is 27.7 Å². The molecule has 4 saturated heterocycles. The molecule has 0 radical (unpaired) electrons. The summed E-state index contributed by atoms with van der Waals surface area (Å²) in [4.78, 5) is 57.1. The Balaban J connectivity index is 0.000000209. The van der Waals surface area contributed by atoms with Crippen LogP contribution >= 0.6 is 34.9 Å². The van der Waals surface area contributed by atoms with Crippen LogP contribution in [-0.4, -0.2) is 117 Å². The van der Waals surface area contributed by atoms with Crippen molar-refractivity contribution >= 4 is 58.5 Å². The van der Waals surface area contributed by atoms with Gasteiger partial charge < -0.3 is 0 Å². The minimum atomic E-state index is -0.599. The van der Waals surface area contributed by atoms with Crippen LogP contribution < -0.4 is 0 Å². The van der Waals surface area contributed by atoms with Crippen LogP contribution in [-0.2, 0) is 35.1 Å². The molecule has 192 valence electrons. The van der Waals surface area contributed by atoms with Crippen molar-refractivity contribution in [3.05, 3.63) is 0 Å². The average Bonchev–Trinajstić information content (AvgIpc) is 2.73. The summed E-state index contributed by atoms with van der Waals surface area (Å²) in [7, 11) is 8.43. The van der Waals surface area contributed by atoms with E-state index in [9.17, 15) is 19.2 Å². The molecule has 4 bridgehead atoms. The monoisotopic (exact) mass is 636 g/mol. The van der Waals surface area contributed by atoms with Gasteiger partial charge in [0.15, 0.2) is 0 Å². The second-order valence-electron chi connectivity index (χ2n) is 8.64. The molecule has 0 unspecified atom stereocenters. The van der Waals surface area contributed by atoms with Crippen LogP contribution in [0.2, 0.25) is 0 Å². The van der Waals surface area contributed by atoms with Gasteiger partial charge in [-0.15, -0.1) is 0 Å². The molecule has 0 atom stereocenters. The third-order valence-corrected chi connectivity index (χ3v) is 10.9. The van der Waals surface area contributed by atoms with E-state index >= 15 is 0 Å². The zero-order valence-electron chi connectivity index (χ0n) is 19.5. The van der Waals surface area contributed by atoms with E-state index in [2.05, 4.69) is 9.80 Å². The Morgan fingerprint density at radius 1 is 0.545 bits per heavy atom. The summed E-state index contributed by atoms with van der Waals surface area (Å²) in [5.41, 5.74) is 0.